The monoisotopic (exact) mass is 597 g/mol. The van der Waals surface area contributed by atoms with Gasteiger partial charge in [-0.05, 0) is 73.0 Å². The van der Waals surface area contributed by atoms with E-state index in [4.69, 9.17) is 14.2 Å². The lowest BCUT2D eigenvalue weighted by Gasteiger charge is -2.29. The number of unbranched alkanes of at least 4 members (excludes halogenated alkanes) is 3. The molecule has 0 fully saturated rings. The standard InChI is InChI=1S/C29H36BrN5O4/c1-5-8-9-12-15-39-27-21(30)16-20(17-24(27)38-7-3)26-25(19(4)33-29-31-18-32-35(26)29)28(36)34-22-13-10-11-14-23(22)37-6-2/h10-11,13-14,16-18,26H,5-9,12,15H2,1-4H3,(H,34,36)(H,31,32,33). The van der Waals surface area contributed by atoms with Crippen LogP contribution in [-0.4, -0.2) is 40.5 Å². The van der Waals surface area contributed by atoms with E-state index in [1.54, 1.807) is 4.68 Å². The summed E-state index contributed by atoms with van der Waals surface area (Å²) < 4.78 is 20.3. The predicted molar refractivity (Wildman–Crippen MR) is 156 cm³/mol. The van der Waals surface area contributed by atoms with Gasteiger partial charge in [-0.1, -0.05) is 38.3 Å². The Morgan fingerprint density at radius 1 is 1.05 bits per heavy atom. The minimum atomic E-state index is -0.558. The first kappa shape index (κ1) is 28.5. The maximum atomic E-state index is 13.8. The molecule has 0 radical (unpaired) electrons. The number of halogens is 1. The van der Waals surface area contributed by atoms with Crippen molar-refractivity contribution in [2.45, 2.75) is 59.4 Å². The van der Waals surface area contributed by atoms with Gasteiger partial charge in [-0.3, -0.25) is 4.79 Å². The van der Waals surface area contributed by atoms with Gasteiger partial charge in [0, 0.05) is 5.70 Å². The van der Waals surface area contributed by atoms with Gasteiger partial charge in [-0.25, -0.2) is 4.68 Å². The Bertz CT molecular complexity index is 1320. The number of allylic oxidation sites excluding steroid dienone is 1. The van der Waals surface area contributed by atoms with Crippen LogP contribution in [0, 0.1) is 0 Å². The summed E-state index contributed by atoms with van der Waals surface area (Å²) in [5.74, 6) is 2.15. The molecule has 2 aromatic carbocycles. The van der Waals surface area contributed by atoms with E-state index in [-0.39, 0.29) is 5.91 Å². The van der Waals surface area contributed by atoms with Crippen molar-refractivity contribution in [1.29, 1.82) is 0 Å². The number of para-hydroxylation sites is 2. The molecular weight excluding hydrogens is 562 g/mol. The third kappa shape index (κ3) is 6.55. The molecular formula is C29H36BrN5O4. The highest BCUT2D eigenvalue weighted by Crippen LogP contribution is 2.43. The number of ether oxygens (including phenoxy) is 3. The Labute approximate surface area is 238 Å². The van der Waals surface area contributed by atoms with E-state index in [9.17, 15) is 4.79 Å². The number of amides is 1. The van der Waals surface area contributed by atoms with Crippen molar-refractivity contribution in [1.82, 2.24) is 14.8 Å². The van der Waals surface area contributed by atoms with Crippen LogP contribution in [0.15, 0.2) is 58.5 Å². The fourth-order valence-corrected chi connectivity index (χ4v) is 5.16. The van der Waals surface area contributed by atoms with Crippen LogP contribution in [0.1, 0.15) is 65.0 Å². The third-order valence-electron chi connectivity index (χ3n) is 6.37. The van der Waals surface area contributed by atoms with E-state index < -0.39 is 6.04 Å². The number of hydrogen-bond donors (Lipinski definition) is 2. The number of anilines is 2. The highest BCUT2D eigenvalue weighted by atomic mass is 79.9. The molecule has 3 aromatic rings. The Morgan fingerprint density at radius 2 is 1.82 bits per heavy atom. The molecule has 1 aromatic heterocycles. The lowest BCUT2D eigenvalue weighted by molar-refractivity contribution is -0.113. The fourth-order valence-electron chi connectivity index (χ4n) is 4.59. The molecule has 1 amide bonds. The zero-order valence-electron chi connectivity index (χ0n) is 22.9. The van der Waals surface area contributed by atoms with Crippen molar-refractivity contribution in [3.8, 4) is 17.2 Å². The van der Waals surface area contributed by atoms with E-state index in [2.05, 4.69) is 43.6 Å². The maximum absolute atomic E-state index is 13.8. The van der Waals surface area contributed by atoms with E-state index in [1.807, 2.05) is 57.2 Å². The second-order valence-corrected chi connectivity index (χ2v) is 10.0. The van der Waals surface area contributed by atoms with Gasteiger partial charge in [0.05, 0.1) is 35.6 Å². The quantitative estimate of drug-likeness (QED) is 0.211. The van der Waals surface area contributed by atoms with Crippen molar-refractivity contribution in [3.63, 3.8) is 0 Å². The zero-order chi connectivity index (χ0) is 27.8. The minimum Gasteiger partial charge on any atom is -0.492 e. The Hall–Kier alpha value is -3.53. The number of nitrogens with zero attached hydrogens (tertiary/aromatic N) is 3. The molecule has 1 unspecified atom stereocenters. The predicted octanol–water partition coefficient (Wildman–Crippen LogP) is 6.72. The number of hydrogen-bond acceptors (Lipinski definition) is 7. The lowest BCUT2D eigenvalue weighted by Crippen LogP contribution is -2.31. The van der Waals surface area contributed by atoms with Gasteiger partial charge in [0.15, 0.2) is 11.5 Å². The van der Waals surface area contributed by atoms with Crippen molar-refractivity contribution in [2.24, 2.45) is 0 Å². The highest BCUT2D eigenvalue weighted by molar-refractivity contribution is 9.10. The van der Waals surface area contributed by atoms with E-state index in [1.165, 1.54) is 19.2 Å². The summed E-state index contributed by atoms with van der Waals surface area (Å²) >= 11 is 3.70. The van der Waals surface area contributed by atoms with Crippen LogP contribution in [0.4, 0.5) is 11.6 Å². The molecule has 2 heterocycles. The van der Waals surface area contributed by atoms with Gasteiger partial charge in [0.25, 0.3) is 5.91 Å². The number of benzene rings is 2. The summed E-state index contributed by atoms with van der Waals surface area (Å²) in [6.45, 7) is 9.45. The smallest absolute Gasteiger partial charge is 0.255 e. The first-order valence-electron chi connectivity index (χ1n) is 13.5. The molecule has 4 rings (SSSR count). The highest BCUT2D eigenvalue weighted by Gasteiger charge is 2.35. The number of carbonyl (C=O) groups is 1. The van der Waals surface area contributed by atoms with Crippen LogP contribution in [0.3, 0.4) is 0 Å². The van der Waals surface area contributed by atoms with Gasteiger partial charge >= 0.3 is 0 Å². The minimum absolute atomic E-state index is 0.274. The molecule has 39 heavy (non-hydrogen) atoms. The average molecular weight is 599 g/mol. The van der Waals surface area contributed by atoms with Crippen LogP contribution >= 0.6 is 15.9 Å². The summed E-state index contributed by atoms with van der Waals surface area (Å²) in [6, 6.07) is 10.7. The van der Waals surface area contributed by atoms with E-state index >= 15 is 0 Å². The first-order chi connectivity index (χ1) is 19.0. The van der Waals surface area contributed by atoms with Gasteiger partial charge < -0.3 is 24.8 Å². The average Bonchev–Trinajstić information content (AvgIpc) is 3.38. The van der Waals surface area contributed by atoms with Crippen molar-refractivity contribution < 1.29 is 19.0 Å². The largest absolute Gasteiger partial charge is 0.492 e. The maximum Gasteiger partial charge on any atom is 0.255 e. The molecule has 0 bridgehead atoms. The van der Waals surface area contributed by atoms with E-state index in [0.29, 0.717) is 60.0 Å². The normalized spacial score (nSPS) is 14.4. The number of aromatic nitrogens is 3. The van der Waals surface area contributed by atoms with Crippen molar-refractivity contribution >= 4 is 33.5 Å². The Kier molecular flexibility index (Phi) is 9.86. The second kappa shape index (κ2) is 13.5. The van der Waals surface area contributed by atoms with Gasteiger partial charge in [-0.2, -0.15) is 10.1 Å². The van der Waals surface area contributed by atoms with Gasteiger partial charge in [-0.15, -0.1) is 0 Å². The van der Waals surface area contributed by atoms with Crippen LogP contribution in [0.25, 0.3) is 0 Å². The lowest BCUT2D eigenvalue weighted by atomic mass is 9.94. The first-order valence-corrected chi connectivity index (χ1v) is 14.3. The Balaban J connectivity index is 1.71. The summed E-state index contributed by atoms with van der Waals surface area (Å²) in [6.07, 6.45) is 5.92. The summed E-state index contributed by atoms with van der Waals surface area (Å²) in [5, 5.41) is 10.7. The summed E-state index contributed by atoms with van der Waals surface area (Å²) in [4.78, 5) is 18.2. The van der Waals surface area contributed by atoms with Crippen LogP contribution < -0.4 is 24.8 Å². The molecule has 0 saturated heterocycles. The van der Waals surface area contributed by atoms with Gasteiger partial charge in [0.2, 0.25) is 5.95 Å². The van der Waals surface area contributed by atoms with Gasteiger partial charge in [0.1, 0.15) is 18.1 Å². The molecule has 1 aliphatic rings. The second-order valence-electron chi connectivity index (χ2n) is 9.15. The molecule has 208 valence electrons. The fraction of sp³-hybridized carbons (Fsp3) is 0.414. The number of nitrogens with one attached hydrogen (secondary N) is 2. The van der Waals surface area contributed by atoms with E-state index in [0.717, 1.165) is 22.9 Å². The zero-order valence-corrected chi connectivity index (χ0v) is 24.5. The molecule has 9 nitrogen and oxygen atoms in total. The third-order valence-corrected chi connectivity index (χ3v) is 6.95. The van der Waals surface area contributed by atoms with Crippen LogP contribution in [0.5, 0.6) is 17.2 Å². The summed E-state index contributed by atoms with van der Waals surface area (Å²) in [5.41, 5.74) is 2.58. The molecule has 10 heteroatoms. The topological polar surface area (TPSA) is 99.5 Å². The molecule has 0 saturated carbocycles. The van der Waals surface area contributed by atoms with Crippen molar-refractivity contribution in [3.05, 3.63) is 64.0 Å². The SMILES string of the molecule is CCCCCCOc1c(Br)cc(C2C(C(=O)Nc3ccccc3OCC)=C(C)Nc3ncnn32)cc1OCC. The van der Waals surface area contributed by atoms with Crippen LogP contribution in [-0.2, 0) is 4.79 Å². The van der Waals surface area contributed by atoms with Crippen LogP contribution in [0.2, 0.25) is 0 Å². The number of carbonyl (C=O) groups excluding carboxylic acids is 1. The molecule has 2 N–H and O–H groups in total. The molecule has 1 atom stereocenters. The number of fused-ring (bicyclic) bond motifs is 1. The summed E-state index contributed by atoms with van der Waals surface area (Å²) in [7, 11) is 0. The Morgan fingerprint density at radius 3 is 2.59 bits per heavy atom. The molecule has 1 aliphatic heterocycles. The number of rotatable bonds is 13. The van der Waals surface area contributed by atoms with Crippen molar-refractivity contribution in [2.75, 3.05) is 30.5 Å². The molecule has 0 aliphatic carbocycles. The molecule has 0 spiro atoms.